The molecule has 0 saturated carbocycles. The summed E-state index contributed by atoms with van der Waals surface area (Å²) in [6.45, 7) is 11.4. The fraction of sp³-hybridized carbons (Fsp3) is 0.579. The molecule has 0 amide bonds. The van der Waals surface area contributed by atoms with E-state index in [-0.39, 0.29) is 0 Å². The summed E-state index contributed by atoms with van der Waals surface area (Å²) in [7, 11) is 1.67. The lowest BCUT2D eigenvalue weighted by atomic mass is 10.0. The molecule has 0 radical (unpaired) electrons. The van der Waals surface area contributed by atoms with Crippen molar-refractivity contribution in [1.82, 2.24) is 10.2 Å². The van der Waals surface area contributed by atoms with Crippen LogP contribution >= 0.6 is 0 Å². The second-order valence-electron chi connectivity index (χ2n) is 6.71. The van der Waals surface area contributed by atoms with Crippen molar-refractivity contribution in [3.8, 4) is 17.2 Å². The summed E-state index contributed by atoms with van der Waals surface area (Å²) in [5.74, 6) is 2.26. The molecular formula is C19H28N2O3. The maximum absolute atomic E-state index is 5.70. The van der Waals surface area contributed by atoms with E-state index in [1.165, 1.54) is 24.0 Å². The Bertz CT molecular complexity index is 563. The zero-order valence-corrected chi connectivity index (χ0v) is 14.8. The van der Waals surface area contributed by atoms with Crippen molar-refractivity contribution in [2.75, 3.05) is 40.0 Å². The smallest absolute Gasteiger partial charge is 0.203 e. The Hall–Kier alpha value is -1.72. The second kappa shape index (κ2) is 7.90. The molecule has 1 aromatic carbocycles. The van der Waals surface area contributed by atoms with Gasteiger partial charge in [-0.15, -0.1) is 0 Å². The predicted molar refractivity (Wildman–Crippen MR) is 95.1 cm³/mol. The van der Waals surface area contributed by atoms with E-state index in [2.05, 4.69) is 29.8 Å². The van der Waals surface area contributed by atoms with Gasteiger partial charge in [-0.2, -0.15) is 0 Å². The molecule has 0 bridgehead atoms. The van der Waals surface area contributed by atoms with Gasteiger partial charge in [0.2, 0.25) is 5.75 Å². The van der Waals surface area contributed by atoms with Gasteiger partial charge in [0, 0.05) is 19.1 Å². The number of methoxy groups -OCH3 is 1. The Morgan fingerprint density at radius 2 is 2.04 bits per heavy atom. The van der Waals surface area contributed by atoms with E-state index in [4.69, 9.17) is 14.2 Å². The molecule has 2 aliphatic rings. The number of fused-ring (bicyclic) bond motifs is 1. The number of nitrogens with one attached hydrogen (secondary N) is 1. The minimum atomic E-state index is 0.561. The van der Waals surface area contributed by atoms with E-state index in [0.29, 0.717) is 19.3 Å². The lowest BCUT2D eigenvalue weighted by molar-refractivity contribution is 0.164. The summed E-state index contributed by atoms with van der Waals surface area (Å²) >= 11 is 0. The number of hydrogen-bond donors (Lipinski definition) is 1. The fourth-order valence-electron chi connectivity index (χ4n) is 3.37. The van der Waals surface area contributed by atoms with Crippen molar-refractivity contribution in [2.45, 2.75) is 32.4 Å². The highest BCUT2D eigenvalue weighted by molar-refractivity contribution is 5.54. The van der Waals surface area contributed by atoms with Gasteiger partial charge < -0.3 is 19.5 Å². The first-order valence-electron chi connectivity index (χ1n) is 8.72. The third-order valence-corrected chi connectivity index (χ3v) is 4.56. The molecule has 132 valence electrons. The van der Waals surface area contributed by atoms with E-state index in [9.17, 15) is 0 Å². The molecule has 24 heavy (non-hydrogen) atoms. The molecular weight excluding hydrogens is 304 g/mol. The Morgan fingerprint density at radius 3 is 2.75 bits per heavy atom. The van der Waals surface area contributed by atoms with E-state index in [1.54, 1.807) is 7.11 Å². The van der Waals surface area contributed by atoms with Crippen LogP contribution in [0.1, 0.15) is 25.3 Å². The van der Waals surface area contributed by atoms with E-state index in [0.717, 1.165) is 43.4 Å². The van der Waals surface area contributed by atoms with Gasteiger partial charge in [-0.1, -0.05) is 12.2 Å². The van der Waals surface area contributed by atoms with Crippen molar-refractivity contribution in [3.05, 3.63) is 29.8 Å². The van der Waals surface area contributed by atoms with Gasteiger partial charge in [0.1, 0.15) is 13.2 Å². The maximum Gasteiger partial charge on any atom is 0.203 e. The number of likely N-dealkylation sites (tertiary alicyclic amines) is 1. The zero-order valence-electron chi connectivity index (χ0n) is 14.8. The minimum Gasteiger partial charge on any atom is -0.493 e. The number of nitrogens with zero attached hydrogens (tertiary/aromatic N) is 1. The molecule has 5 nitrogen and oxygen atoms in total. The average molecular weight is 332 g/mol. The topological polar surface area (TPSA) is 43.0 Å². The second-order valence-corrected chi connectivity index (χ2v) is 6.71. The first kappa shape index (κ1) is 17.1. The summed E-state index contributed by atoms with van der Waals surface area (Å²) in [5.41, 5.74) is 2.41. The largest absolute Gasteiger partial charge is 0.493 e. The monoisotopic (exact) mass is 332 g/mol. The van der Waals surface area contributed by atoms with E-state index >= 15 is 0 Å². The van der Waals surface area contributed by atoms with Gasteiger partial charge in [-0.25, -0.2) is 0 Å². The summed E-state index contributed by atoms with van der Waals surface area (Å²) < 4.78 is 16.8. The van der Waals surface area contributed by atoms with Crippen LogP contribution in [0.25, 0.3) is 0 Å². The van der Waals surface area contributed by atoms with Crippen LogP contribution in [-0.4, -0.2) is 50.9 Å². The number of benzene rings is 1. The van der Waals surface area contributed by atoms with Crippen LogP contribution in [0.2, 0.25) is 0 Å². The Balaban J connectivity index is 1.55. The third-order valence-electron chi connectivity index (χ3n) is 4.56. The molecule has 0 atom stereocenters. The van der Waals surface area contributed by atoms with E-state index in [1.807, 2.05) is 6.07 Å². The lowest BCUT2D eigenvalue weighted by Gasteiger charge is -2.32. The quantitative estimate of drug-likeness (QED) is 0.811. The average Bonchev–Trinajstić information content (AvgIpc) is 2.60. The highest BCUT2D eigenvalue weighted by Crippen LogP contribution is 2.40. The lowest BCUT2D eigenvalue weighted by Crippen LogP contribution is -2.42. The van der Waals surface area contributed by atoms with Gasteiger partial charge in [-0.05, 0) is 50.6 Å². The molecule has 0 aliphatic carbocycles. The van der Waals surface area contributed by atoms with E-state index < -0.39 is 0 Å². The molecule has 0 spiro atoms. The van der Waals surface area contributed by atoms with Crippen LogP contribution in [0.3, 0.4) is 0 Å². The first-order chi connectivity index (χ1) is 11.7. The van der Waals surface area contributed by atoms with Crippen molar-refractivity contribution in [1.29, 1.82) is 0 Å². The van der Waals surface area contributed by atoms with Crippen LogP contribution in [0.5, 0.6) is 17.2 Å². The highest BCUT2D eigenvalue weighted by Gasteiger charge is 2.21. The normalized spacial score (nSPS) is 18.4. The Labute approximate surface area is 144 Å². The molecule has 1 fully saturated rings. The number of hydrogen-bond acceptors (Lipinski definition) is 5. The summed E-state index contributed by atoms with van der Waals surface area (Å²) in [6.07, 6.45) is 2.35. The molecule has 1 aromatic rings. The van der Waals surface area contributed by atoms with Gasteiger partial charge in [0.15, 0.2) is 11.5 Å². The van der Waals surface area contributed by atoms with Crippen LogP contribution < -0.4 is 19.5 Å². The maximum atomic E-state index is 5.70. The fourth-order valence-corrected chi connectivity index (χ4v) is 3.37. The van der Waals surface area contributed by atoms with Crippen molar-refractivity contribution in [2.24, 2.45) is 0 Å². The molecule has 0 aromatic heterocycles. The van der Waals surface area contributed by atoms with Gasteiger partial charge in [0.25, 0.3) is 0 Å². The first-order valence-corrected chi connectivity index (χ1v) is 8.72. The minimum absolute atomic E-state index is 0.561. The zero-order chi connectivity index (χ0) is 16.9. The van der Waals surface area contributed by atoms with Crippen LogP contribution in [0.4, 0.5) is 0 Å². The summed E-state index contributed by atoms with van der Waals surface area (Å²) in [4.78, 5) is 2.48. The molecule has 1 saturated heterocycles. The van der Waals surface area contributed by atoms with Crippen LogP contribution in [0.15, 0.2) is 24.3 Å². The van der Waals surface area contributed by atoms with Gasteiger partial charge in [0.05, 0.1) is 7.11 Å². The number of rotatable bonds is 6. The molecule has 2 aliphatic heterocycles. The third kappa shape index (κ3) is 4.22. The van der Waals surface area contributed by atoms with Crippen molar-refractivity contribution >= 4 is 0 Å². The number of piperidine rings is 1. The van der Waals surface area contributed by atoms with Crippen molar-refractivity contribution in [3.63, 3.8) is 0 Å². The summed E-state index contributed by atoms with van der Waals surface area (Å²) in [6, 6.07) is 4.65. The SMILES string of the molecule is C=C(C)CN1CCC(NCc2cc(OC)c3c(c2)OCCO3)CC1. The molecule has 5 heteroatoms. The molecule has 1 N–H and O–H groups in total. The van der Waals surface area contributed by atoms with Crippen LogP contribution in [-0.2, 0) is 6.54 Å². The van der Waals surface area contributed by atoms with Crippen LogP contribution in [0, 0.1) is 0 Å². The molecule has 2 heterocycles. The van der Waals surface area contributed by atoms with Gasteiger partial charge >= 0.3 is 0 Å². The van der Waals surface area contributed by atoms with Gasteiger partial charge in [-0.3, -0.25) is 4.90 Å². The summed E-state index contributed by atoms with van der Waals surface area (Å²) in [5, 5.41) is 3.67. The number of ether oxygens (including phenoxy) is 3. The molecule has 3 rings (SSSR count). The Morgan fingerprint density at radius 1 is 1.29 bits per heavy atom. The predicted octanol–water partition coefficient (Wildman–Crippen LogP) is 2.60. The van der Waals surface area contributed by atoms with Crippen molar-refractivity contribution < 1.29 is 14.2 Å². The molecule has 0 unspecified atom stereocenters. The highest BCUT2D eigenvalue weighted by atomic mass is 16.6. The Kier molecular flexibility index (Phi) is 5.63. The standard InChI is InChI=1S/C19H28N2O3/c1-14(2)13-21-6-4-16(5-7-21)20-12-15-10-17(22-3)19-18(11-15)23-8-9-24-19/h10-11,16,20H,1,4-9,12-13H2,2-3H3.